The van der Waals surface area contributed by atoms with Gasteiger partial charge in [0.1, 0.15) is 0 Å². The number of anilines is 2. The van der Waals surface area contributed by atoms with Gasteiger partial charge in [-0.1, -0.05) is 30.8 Å². The van der Waals surface area contributed by atoms with Gasteiger partial charge in [0, 0.05) is 11.5 Å². The number of hydrogen-bond acceptors (Lipinski definition) is 4. The number of benzene rings is 2. The maximum atomic E-state index is 11.2. The van der Waals surface area contributed by atoms with E-state index in [1.54, 1.807) is 6.07 Å². The van der Waals surface area contributed by atoms with Gasteiger partial charge >= 0.3 is 5.97 Å². The normalized spacial score (nSPS) is 10.1. The van der Waals surface area contributed by atoms with E-state index in [2.05, 4.69) is 6.58 Å². The largest absolute Gasteiger partial charge is 0.419 e. The minimum atomic E-state index is -0.585. The first-order valence-corrected chi connectivity index (χ1v) is 5.04. The van der Waals surface area contributed by atoms with Crippen molar-refractivity contribution in [3.63, 3.8) is 0 Å². The summed E-state index contributed by atoms with van der Waals surface area (Å²) in [6.45, 7) is 3.32. The average Bonchev–Trinajstić information content (AvgIpc) is 2.34. The second-order valence-corrected chi connectivity index (χ2v) is 3.55. The number of ether oxygens (including phenoxy) is 1. The Kier molecular flexibility index (Phi) is 2.70. The maximum Gasteiger partial charge on any atom is 0.335 e. The number of nitrogens with two attached hydrogens (primary N) is 2. The Balaban J connectivity index is 2.63. The van der Waals surface area contributed by atoms with Crippen LogP contribution in [-0.2, 0) is 4.79 Å². The van der Waals surface area contributed by atoms with E-state index in [0.717, 1.165) is 16.8 Å². The zero-order chi connectivity index (χ0) is 12.4. The molecule has 0 aliphatic rings. The Bertz CT molecular complexity index is 606. The summed E-state index contributed by atoms with van der Waals surface area (Å²) in [4.78, 5) is 11.2. The second-order valence-electron chi connectivity index (χ2n) is 3.55. The van der Waals surface area contributed by atoms with Gasteiger partial charge in [-0.05, 0) is 11.5 Å². The van der Waals surface area contributed by atoms with E-state index in [4.69, 9.17) is 16.2 Å². The van der Waals surface area contributed by atoms with Crippen molar-refractivity contribution in [1.82, 2.24) is 0 Å². The molecule has 0 unspecified atom stereocenters. The van der Waals surface area contributed by atoms with E-state index in [0.29, 0.717) is 11.4 Å². The molecule has 0 heterocycles. The van der Waals surface area contributed by atoms with Crippen molar-refractivity contribution >= 4 is 28.1 Å². The SMILES string of the molecule is C=CC(=O)Oc1c(N)cc2ccccc2c1N. The van der Waals surface area contributed by atoms with Gasteiger partial charge in [-0.15, -0.1) is 0 Å². The van der Waals surface area contributed by atoms with Gasteiger partial charge in [-0.3, -0.25) is 0 Å². The van der Waals surface area contributed by atoms with Crippen LogP contribution in [0.2, 0.25) is 0 Å². The van der Waals surface area contributed by atoms with Crippen LogP contribution in [0.3, 0.4) is 0 Å². The van der Waals surface area contributed by atoms with Crippen molar-refractivity contribution in [2.24, 2.45) is 0 Å². The molecule has 0 aromatic heterocycles. The molecule has 0 spiro atoms. The van der Waals surface area contributed by atoms with Crippen LogP contribution < -0.4 is 16.2 Å². The lowest BCUT2D eigenvalue weighted by Crippen LogP contribution is -2.08. The molecule has 0 bridgehead atoms. The van der Waals surface area contributed by atoms with Crippen molar-refractivity contribution in [3.8, 4) is 5.75 Å². The van der Waals surface area contributed by atoms with Gasteiger partial charge in [-0.2, -0.15) is 0 Å². The quantitative estimate of drug-likeness (QED) is 0.357. The van der Waals surface area contributed by atoms with Crippen LogP contribution in [0.1, 0.15) is 0 Å². The standard InChI is InChI=1S/C13H12N2O2/c1-2-11(16)17-13-10(14)7-8-5-3-4-6-9(8)12(13)15/h2-7H,1,14-15H2. The molecule has 0 aliphatic carbocycles. The summed E-state index contributed by atoms with van der Waals surface area (Å²) in [6, 6.07) is 9.19. The highest BCUT2D eigenvalue weighted by Crippen LogP contribution is 2.36. The molecular formula is C13H12N2O2. The van der Waals surface area contributed by atoms with Crippen LogP contribution in [-0.4, -0.2) is 5.97 Å². The Morgan fingerprint density at radius 3 is 2.71 bits per heavy atom. The molecule has 2 aromatic rings. The molecule has 4 N–H and O–H groups in total. The van der Waals surface area contributed by atoms with Gasteiger partial charge in [0.25, 0.3) is 0 Å². The van der Waals surface area contributed by atoms with E-state index in [1.807, 2.05) is 24.3 Å². The topological polar surface area (TPSA) is 78.3 Å². The molecule has 0 saturated heterocycles. The van der Waals surface area contributed by atoms with Crippen LogP contribution in [0.15, 0.2) is 43.0 Å². The van der Waals surface area contributed by atoms with Gasteiger partial charge in [0.15, 0.2) is 5.75 Å². The summed E-state index contributed by atoms with van der Waals surface area (Å²) < 4.78 is 5.03. The van der Waals surface area contributed by atoms with Crippen molar-refractivity contribution in [1.29, 1.82) is 0 Å². The Morgan fingerprint density at radius 2 is 2.00 bits per heavy atom. The first-order valence-electron chi connectivity index (χ1n) is 5.04. The number of hydrogen-bond donors (Lipinski definition) is 2. The molecule has 0 aliphatic heterocycles. The van der Waals surface area contributed by atoms with Crippen LogP contribution in [0.5, 0.6) is 5.75 Å². The third-order valence-electron chi connectivity index (χ3n) is 2.44. The highest BCUT2D eigenvalue weighted by molar-refractivity contribution is 6.01. The molecule has 0 amide bonds. The fraction of sp³-hybridized carbons (Fsp3) is 0. The first-order chi connectivity index (χ1) is 8.13. The van der Waals surface area contributed by atoms with Crippen LogP contribution in [0.25, 0.3) is 10.8 Å². The third kappa shape index (κ3) is 1.92. The first kappa shape index (κ1) is 11.0. The molecule has 0 atom stereocenters. The molecule has 0 radical (unpaired) electrons. The van der Waals surface area contributed by atoms with Crippen molar-refractivity contribution in [2.75, 3.05) is 11.5 Å². The second kappa shape index (κ2) is 4.17. The van der Waals surface area contributed by atoms with Crippen LogP contribution in [0.4, 0.5) is 11.4 Å². The third-order valence-corrected chi connectivity index (χ3v) is 2.44. The molecule has 2 aromatic carbocycles. The van der Waals surface area contributed by atoms with E-state index >= 15 is 0 Å². The molecule has 4 heteroatoms. The lowest BCUT2D eigenvalue weighted by molar-refractivity contribution is -0.128. The summed E-state index contributed by atoms with van der Waals surface area (Å²) >= 11 is 0. The minimum Gasteiger partial charge on any atom is -0.419 e. The van der Waals surface area contributed by atoms with Gasteiger partial charge in [0.05, 0.1) is 11.4 Å². The molecule has 0 fully saturated rings. The molecule has 0 saturated carbocycles. The van der Waals surface area contributed by atoms with Gasteiger partial charge < -0.3 is 16.2 Å². The lowest BCUT2D eigenvalue weighted by Gasteiger charge is -2.11. The van der Waals surface area contributed by atoms with Crippen molar-refractivity contribution in [2.45, 2.75) is 0 Å². The molecule has 4 nitrogen and oxygen atoms in total. The summed E-state index contributed by atoms with van der Waals surface area (Å²) in [5.41, 5.74) is 12.4. The van der Waals surface area contributed by atoms with Gasteiger partial charge in [0.2, 0.25) is 0 Å². The molecular weight excluding hydrogens is 216 g/mol. The number of carbonyl (C=O) groups is 1. The zero-order valence-corrected chi connectivity index (χ0v) is 9.14. The fourth-order valence-electron chi connectivity index (χ4n) is 1.64. The summed E-state index contributed by atoms with van der Waals surface area (Å²) in [7, 11) is 0. The number of carbonyl (C=O) groups excluding carboxylic acids is 1. The number of esters is 1. The minimum absolute atomic E-state index is 0.189. The van der Waals surface area contributed by atoms with Crippen molar-refractivity contribution in [3.05, 3.63) is 43.0 Å². The Hall–Kier alpha value is -2.49. The summed E-state index contributed by atoms with van der Waals surface area (Å²) in [5.74, 6) is -0.396. The maximum absolute atomic E-state index is 11.2. The van der Waals surface area contributed by atoms with Crippen LogP contribution >= 0.6 is 0 Å². The Morgan fingerprint density at radius 1 is 1.29 bits per heavy atom. The number of rotatable bonds is 2. The fourth-order valence-corrected chi connectivity index (χ4v) is 1.64. The summed E-state index contributed by atoms with van der Waals surface area (Å²) in [5, 5.41) is 1.70. The average molecular weight is 228 g/mol. The van der Waals surface area contributed by atoms with E-state index in [9.17, 15) is 4.79 Å². The smallest absolute Gasteiger partial charge is 0.335 e. The number of fused-ring (bicyclic) bond motifs is 1. The summed E-state index contributed by atoms with van der Waals surface area (Å²) in [6.07, 6.45) is 1.06. The number of nitrogen functional groups attached to an aromatic ring is 2. The zero-order valence-electron chi connectivity index (χ0n) is 9.14. The van der Waals surface area contributed by atoms with Crippen LogP contribution in [0, 0.1) is 0 Å². The van der Waals surface area contributed by atoms with E-state index in [-0.39, 0.29) is 5.75 Å². The van der Waals surface area contributed by atoms with E-state index < -0.39 is 5.97 Å². The Labute approximate surface area is 98.5 Å². The monoisotopic (exact) mass is 228 g/mol. The highest BCUT2D eigenvalue weighted by atomic mass is 16.5. The lowest BCUT2D eigenvalue weighted by atomic mass is 10.1. The van der Waals surface area contributed by atoms with Gasteiger partial charge in [-0.25, -0.2) is 4.79 Å². The molecule has 2 rings (SSSR count). The predicted octanol–water partition coefficient (Wildman–Crippen LogP) is 2.10. The highest BCUT2D eigenvalue weighted by Gasteiger charge is 2.12. The van der Waals surface area contributed by atoms with Crippen molar-refractivity contribution < 1.29 is 9.53 Å². The molecule has 86 valence electrons. The van der Waals surface area contributed by atoms with E-state index in [1.165, 1.54) is 0 Å². The predicted molar refractivity (Wildman–Crippen MR) is 68.6 cm³/mol. The molecule has 17 heavy (non-hydrogen) atoms.